The number of carbonyl (C=O) groups is 1. The second-order valence-electron chi connectivity index (χ2n) is 7.16. The second kappa shape index (κ2) is 9.53. The van der Waals surface area contributed by atoms with Crippen molar-refractivity contribution < 1.29 is 13.2 Å². The number of sulfonamides is 1. The van der Waals surface area contributed by atoms with E-state index in [1.54, 1.807) is 54.7 Å². The number of nitrogens with zero attached hydrogens (tertiary/aromatic N) is 3. The molecule has 0 atom stereocenters. The molecule has 1 amide bonds. The van der Waals surface area contributed by atoms with Crippen LogP contribution in [0.4, 0.5) is 5.69 Å². The number of rotatable bonds is 7. The first-order chi connectivity index (χ1) is 14.8. The van der Waals surface area contributed by atoms with Gasteiger partial charge >= 0.3 is 0 Å². The van der Waals surface area contributed by atoms with Gasteiger partial charge in [0.2, 0.25) is 0 Å². The number of carbonyl (C=O) groups excluding carboxylic acids is 1. The predicted octanol–water partition coefficient (Wildman–Crippen LogP) is 3.35. The molecule has 3 rings (SSSR count). The first kappa shape index (κ1) is 22.2. The van der Waals surface area contributed by atoms with Gasteiger partial charge in [0.15, 0.2) is 0 Å². The van der Waals surface area contributed by atoms with Crippen molar-refractivity contribution in [1.29, 1.82) is 0 Å². The first-order valence-corrected chi connectivity index (χ1v) is 11.1. The van der Waals surface area contributed by atoms with Crippen molar-refractivity contribution >= 4 is 27.8 Å². The normalized spacial score (nSPS) is 11.5. The summed E-state index contributed by atoms with van der Waals surface area (Å²) in [6, 6.07) is 17.3. The zero-order valence-corrected chi connectivity index (χ0v) is 18.4. The smallest absolute Gasteiger partial charge is 0.264 e. The zero-order valence-electron chi connectivity index (χ0n) is 17.6. The van der Waals surface area contributed by atoms with E-state index in [0.29, 0.717) is 11.4 Å². The molecule has 3 aromatic rings. The molecular formula is C23H24N4O3S. The number of anilines is 1. The summed E-state index contributed by atoms with van der Waals surface area (Å²) in [7, 11) is -3.97. The Hall–Kier alpha value is -3.52. The minimum atomic E-state index is -3.97. The molecule has 8 heteroatoms. The minimum absolute atomic E-state index is 0.115. The lowest BCUT2D eigenvalue weighted by Crippen LogP contribution is -2.40. The summed E-state index contributed by atoms with van der Waals surface area (Å²) < 4.78 is 28.0. The van der Waals surface area contributed by atoms with Gasteiger partial charge < -0.3 is 0 Å². The Bertz CT molecular complexity index is 1190. The summed E-state index contributed by atoms with van der Waals surface area (Å²) in [6.07, 6.45) is 3.01. The summed E-state index contributed by atoms with van der Waals surface area (Å²) in [6.45, 7) is 5.15. The van der Waals surface area contributed by atoms with E-state index in [1.165, 1.54) is 6.21 Å². The summed E-state index contributed by atoms with van der Waals surface area (Å²) in [5, 5.41) is 3.89. The van der Waals surface area contributed by atoms with Crippen molar-refractivity contribution in [2.24, 2.45) is 5.10 Å². The highest BCUT2D eigenvalue weighted by atomic mass is 32.2. The van der Waals surface area contributed by atoms with Crippen LogP contribution >= 0.6 is 0 Å². The third kappa shape index (κ3) is 5.55. The number of hydrogen-bond donors (Lipinski definition) is 1. The monoisotopic (exact) mass is 436 g/mol. The van der Waals surface area contributed by atoms with E-state index in [0.717, 1.165) is 21.0 Å². The Morgan fingerprint density at radius 3 is 2.42 bits per heavy atom. The van der Waals surface area contributed by atoms with Crippen molar-refractivity contribution in [3.8, 4) is 0 Å². The summed E-state index contributed by atoms with van der Waals surface area (Å²) >= 11 is 0. The molecule has 1 aromatic heterocycles. The molecule has 7 nitrogen and oxygen atoms in total. The predicted molar refractivity (Wildman–Crippen MR) is 122 cm³/mol. The summed E-state index contributed by atoms with van der Waals surface area (Å²) in [5.74, 6) is -0.566. The van der Waals surface area contributed by atoms with Crippen LogP contribution in [0.5, 0.6) is 0 Å². The average molecular weight is 437 g/mol. The van der Waals surface area contributed by atoms with Gasteiger partial charge in [-0.3, -0.25) is 14.1 Å². The number of pyridine rings is 1. The van der Waals surface area contributed by atoms with Crippen molar-refractivity contribution in [3.05, 3.63) is 89.2 Å². The van der Waals surface area contributed by atoms with Gasteiger partial charge in [0.25, 0.3) is 15.9 Å². The van der Waals surface area contributed by atoms with Gasteiger partial charge in [0.05, 0.1) is 22.5 Å². The molecule has 0 spiro atoms. The van der Waals surface area contributed by atoms with E-state index in [1.807, 2.05) is 32.9 Å². The highest BCUT2D eigenvalue weighted by Gasteiger charge is 2.28. The highest BCUT2D eigenvalue weighted by molar-refractivity contribution is 7.92. The molecule has 1 N–H and O–H groups in total. The van der Waals surface area contributed by atoms with Crippen LogP contribution < -0.4 is 9.73 Å². The molecule has 0 bridgehead atoms. The molecule has 0 unspecified atom stereocenters. The minimum Gasteiger partial charge on any atom is -0.271 e. The van der Waals surface area contributed by atoms with Gasteiger partial charge in [-0.25, -0.2) is 13.8 Å². The lowest BCUT2D eigenvalue weighted by Gasteiger charge is -2.25. The number of hydrogen-bond acceptors (Lipinski definition) is 5. The Balaban J connectivity index is 1.90. The van der Waals surface area contributed by atoms with Gasteiger partial charge in [-0.15, -0.1) is 0 Å². The summed E-state index contributed by atoms with van der Waals surface area (Å²) in [4.78, 5) is 16.8. The number of amides is 1. The molecule has 1 heterocycles. The molecule has 0 aliphatic rings. The number of nitrogens with one attached hydrogen (secondary N) is 1. The van der Waals surface area contributed by atoms with Crippen LogP contribution in [0, 0.1) is 20.8 Å². The van der Waals surface area contributed by atoms with Crippen molar-refractivity contribution in [3.63, 3.8) is 0 Å². The molecule has 0 radical (unpaired) electrons. The fraction of sp³-hybridized carbons (Fsp3) is 0.174. The van der Waals surface area contributed by atoms with E-state index >= 15 is 0 Å². The second-order valence-corrected chi connectivity index (χ2v) is 9.02. The van der Waals surface area contributed by atoms with Crippen LogP contribution in [0.2, 0.25) is 0 Å². The molecule has 0 saturated heterocycles. The van der Waals surface area contributed by atoms with Gasteiger partial charge in [-0.1, -0.05) is 35.9 Å². The topological polar surface area (TPSA) is 91.7 Å². The largest absolute Gasteiger partial charge is 0.271 e. The molecule has 0 aliphatic carbocycles. The van der Waals surface area contributed by atoms with E-state index in [9.17, 15) is 13.2 Å². The zero-order chi connectivity index (χ0) is 22.4. The Labute approximate surface area is 182 Å². The van der Waals surface area contributed by atoms with Crippen molar-refractivity contribution in [2.75, 3.05) is 10.8 Å². The SMILES string of the molecule is Cc1ccc(S(=O)(=O)N(CC(=O)N/N=C/c2ccccn2)c2cc(C)ccc2C)cc1. The summed E-state index contributed by atoms with van der Waals surface area (Å²) in [5.41, 5.74) is 5.97. The molecule has 2 aromatic carbocycles. The maximum atomic E-state index is 13.4. The lowest BCUT2D eigenvalue weighted by molar-refractivity contribution is -0.119. The number of hydrazone groups is 1. The number of aromatic nitrogens is 1. The highest BCUT2D eigenvalue weighted by Crippen LogP contribution is 2.28. The molecule has 0 aliphatic heterocycles. The quantitative estimate of drug-likeness (QED) is 0.454. The maximum absolute atomic E-state index is 13.4. The van der Waals surface area contributed by atoms with Crippen LogP contribution in [0.15, 0.2) is 76.9 Å². The molecular weight excluding hydrogens is 412 g/mol. The molecule has 160 valence electrons. The fourth-order valence-electron chi connectivity index (χ4n) is 2.91. The average Bonchev–Trinajstić information content (AvgIpc) is 2.75. The third-order valence-electron chi connectivity index (χ3n) is 4.60. The van der Waals surface area contributed by atoms with Crippen LogP contribution in [-0.2, 0) is 14.8 Å². The third-order valence-corrected chi connectivity index (χ3v) is 6.38. The van der Waals surface area contributed by atoms with E-state index in [4.69, 9.17) is 0 Å². The number of benzene rings is 2. The maximum Gasteiger partial charge on any atom is 0.264 e. The Morgan fingerprint density at radius 2 is 1.74 bits per heavy atom. The lowest BCUT2D eigenvalue weighted by atomic mass is 10.1. The van der Waals surface area contributed by atoms with E-state index < -0.39 is 22.5 Å². The number of aryl methyl sites for hydroxylation is 3. The van der Waals surface area contributed by atoms with Crippen molar-refractivity contribution in [1.82, 2.24) is 10.4 Å². The van der Waals surface area contributed by atoms with Crippen molar-refractivity contribution in [2.45, 2.75) is 25.7 Å². The molecule has 31 heavy (non-hydrogen) atoms. The Morgan fingerprint density at radius 1 is 1.03 bits per heavy atom. The van der Waals surface area contributed by atoms with Gasteiger partial charge in [0.1, 0.15) is 6.54 Å². The van der Waals surface area contributed by atoms with Crippen LogP contribution in [0.1, 0.15) is 22.4 Å². The van der Waals surface area contributed by atoms with Gasteiger partial charge in [0, 0.05) is 6.20 Å². The van der Waals surface area contributed by atoms with E-state index in [2.05, 4.69) is 15.5 Å². The molecule has 0 fully saturated rings. The standard InChI is InChI=1S/C23H24N4O3S/c1-17-8-11-21(12-9-17)31(29,30)27(22-14-18(2)7-10-19(22)3)16-23(28)26-25-15-20-6-4-5-13-24-20/h4-15H,16H2,1-3H3,(H,26,28)/b25-15+. The van der Waals surface area contributed by atoms with Gasteiger partial charge in [-0.2, -0.15) is 5.10 Å². The fourth-order valence-corrected chi connectivity index (χ4v) is 4.39. The Kier molecular flexibility index (Phi) is 6.81. The van der Waals surface area contributed by atoms with E-state index in [-0.39, 0.29) is 4.90 Å². The first-order valence-electron chi connectivity index (χ1n) is 9.67. The van der Waals surface area contributed by atoms with Crippen LogP contribution in [0.25, 0.3) is 0 Å². The van der Waals surface area contributed by atoms with Gasteiger partial charge in [-0.05, 0) is 62.2 Å². The molecule has 0 saturated carbocycles. The van der Waals surface area contributed by atoms with Crippen LogP contribution in [0.3, 0.4) is 0 Å². The van der Waals surface area contributed by atoms with Crippen LogP contribution in [-0.4, -0.2) is 32.1 Å².